The van der Waals surface area contributed by atoms with Gasteiger partial charge < -0.3 is 10.4 Å². The van der Waals surface area contributed by atoms with Crippen molar-refractivity contribution in [2.24, 2.45) is 7.05 Å². The molecule has 2 rings (SSSR count). The van der Waals surface area contributed by atoms with Crippen LogP contribution in [0.3, 0.4) is 0 Å². The molecule has 0 aliphatic carbocycles. The molecule has 0 spiro atoms. The second-order valence-corrected chi connectivity index (χ2v) is 4.39. The Morgan fingerprint density at radius 1 is 1.37 bits per heavy atom. The maximum atomic E-state index is 12.1. The van der Waals surface area contributed by atoms with Crippen LogP contribution in [0.2, 0.25) is 0 Å². The highest BCUT2D eigenvalue weighted by Gasteiger charge is 2.12. The van der Waals surface area contributed by atoms with Crippen molar-refractivity contribution in [3.63, 3.8) is 0 Å². The number of rotatable bonds is 4. The van der Waals surface area contributed by atoms with E-state index in [0.717, 1.165) is 16.9 Å². The van der Waals surface area contributed by atoms with E-state index in [4.69, 9.17) is 5.11 Å². The molecule has 0 saturated heterocycles. The molecule has 0 fully saturated rings. The SMILES string of the molecule is Cc1c(C(=O)Nc2ccc(CCO)cc2)cnn1C. The van der Waals surface area contributed by atoms with E-state index in [1.807, 2.05) is 31.2 Å². The molecule has 0 bridgehead atoms. The van der Waals surface area contributed by atoms with Gasteiger partial charge in [0, 0.05) is 25.0 Å². The first-order valence-electron chi connectivity index (χ1n) is 6.11. The lowest BCUT2D eigenvalue weighted by molar-refractivity contribution is 0.102. The maximum absolute atomic E-state index is 12.1. The van der Waals surface area contributed by atoms with E-state index in [-0.39, 0.29) is 12.5 Å². The maximum Gasteiger partial charge on any atom is 0.259 e. The predicted molar refractivity (Wildman–Crippen MR) is 73.1 cm³/mol. The van der Waals surface area contributed by atoms with Crippen LogP contribution < -0.4 is 5.32 Å². The quantitative estimate of drug-likeness (QED) is 0.874. The number of aliphatic hydroxyl groups excluding tert-OH is 1. The molecule has 100 valence electrons. The van der Waals surface area contributed by atoms with Gasteiger partial charge in [-0.05, 0) is 31.0 Å². The number of aliphatic hydroxyl groups is 1. The fourth-order valence-corrected chi connectivity index (χ4v) is 1.80. The fourth-order valence-electron chi connectivity index (χ4n) is 1.80. The number of aromatic nitrogens is 2. The molecular formula is C14H17N3O2. The highest BCUT2D eigenvalue weighted by Crippen LogP contribution is 2.13. The number of benzene rings is 1. The van der Waals surface area contributed by atoms with Gasteiger partial charge in [-0.3, -0.25) is 9.48 Å². The van der Waals surface area contributed by atoms with E-state index < -0.39 is 0 Å². The monoisotopic (exact) mass is 259 g/mol. The molecule has 2 aromatic rings. The number of aryl methyl sites for hydroxylation is 1. The number of nitrogens with one attached hydrogen (secondary N) is 1. The zero-order chi connectivity index (χ0) is 13.8. The number of hydrogen-bond donors (Lipinski definition) is 2. The molecule has 1 aromatic heterocycles. The summed E-state index contributed by atoms with van der Waals surface area (Å²) >= 11 is 0. The molecule has 19 heavy (non-hydrogen) atoms. The molecule has 0 aliphatic heterocycles. The van der Waals surface area contributed by atoms with Crippen molar-refractivity contribution in [2.75, 3.05) is 11.9 Å². The van der Waals surface area contributed by atoms with Crippen LogP contribution in [0.5, 0.6) is 0 Å². The summed E-state index contributed by atoms with van der Waals surface area (Å²) in [6.07, 6.45) is 2.18. The Hall–Kier alpha value is -2.14. The van der Waals surface area contributed by atoms with E-state index in [9.17, 15) is 4.79 Å². The Morgan fingerprint density at radius 3 is 2.58 bits per heavy atom. The Morgan fingerprint density at radius 2 is 2.05 bits per heavy atom. The van der Waals surface area contributed by atoms with Gasteiger partial charge in [0.25, 0.3) is 5.91 Å². The molecule has 0 unspecified atom stereocenters. The zero-order valence-electron chi connectivity index (χ0n) is 11.1. The van der Waals surface area contributed by atoms with Crippen molar-refractivity contribution in [2.45, 2.75) is 13.3 Å². The summed E-state index contributed by atoms with van der Waals surface area (Å²) in [5, 5.41) is 15.7. The topological polar surface area (TPSA) is 67.2 Å². The van der Waals surface area contributed by atoms with E-state index in [0.29, 0.717) is 12.0 Å². The van der Waals surface area contributed by atoms with Gasteiger partial charge in [0.2, 0.25) is 0 Å². The third kappa shape index (κ3) is 3.00. The molecule has 2 N–H and O–H groups in total. The summed E-state index contributed by atoms with van der Waals surface area (Å²) in [6, 6.07) is 7.44. The van der Waals surface area contributed by atoms with Gasteiger partial charge in [-0.25, -0.2) is 0 Å². The number of hydrogen-bond acceptors (Lipinski definition) is 3. The van der Waals surface area contributed by atoms with Gasteiger partial charge in [0.1, 0.15) is 0 Å². The van der Waals surface area contributed by atoms with Crippen LogP contribution in [0.4, 0.5) is 5.69 Å². The highest BCUT2D eigenvalue weighted by atomic mass is 16.2. The minimum Gasteiger partial charge on any atom is -0.396 e. The van der Waals surface area contributed by atoms with Crippen LogP contribution in [0.15, 0.2) is 30.5 Å². The molecule has 0 radical (unpaired) electrons. The molecule has 5 nitrogen and oxygen atoms in total. The van der Waals surface area contributed by atoms with E-state index in [1.54, 1.807) is 17.9 Å². The first-order valence-corrected chi connectivity index (χ1v) is 6.11. The third-order valence-corrected chi connectivity index (χ3v) is 3.09. The van der Waals surface area contributed by atoms with Crippen molar-refractivity contribution in [1.82, 2.24) is 9.78 Å². The van der Waals surface area contributed by atoms with Gasteiger partial charge in [0.05, 0.1) is 11.8 Å². The lowest BCUT2D eigenvalue weighted by atomic mass is 10.1. The van der Waals surface area contributed by atoms with Crippen LogP contribution in [0.1, 0.15) is 21.6 Å². The van der Waals surface area contributed by atoms with Gasteiger partial charge in [-0.2, -0.15) is 5.10 Å². The summed E-state index contributed by atoms with van der Waals surface area (Å²) in [6.45, 7) is 1.98. The Balaban J connectivity index is 2.08. The lowest BCUT2D eigenvalue weighted by Crippen LogP contribution is -2.12. The Labute approximate surface area is 111 Å². The number of amides is 1. The zero-order valence-corrected chi connectivity index (χ0v) is 11.1. The second kappa shape index (κ2) is 5.67. The minimum absolute atomic E-state index is 0.126. The van der Waals surface area contributed by atoms with Crippen molar-refractivity contribution >= 4 is 11.6 Å². The molecule has 1 aromatic carbocycles. The number of nitrogens with zero attached hydrogens (tertiary/aromatic N) is 2. The first kappa shape index (κ1) is 13.3. The van der Waals surface area contributed by atoms with Crippen LogP contribution in [-0.2, 0) is 13.5 Å². The first-order chi connectivity index (χ1) is 9.11. The smallest absolute Gasteiger partial charge is 0.259 e. The van der Waals surface area contributed by atoms with E-state index in [1.165, 1.54) is 0 Å². The van der Waals surface area contributed by atoms with Crippen molar-refractivity contribution in [3.05, 3.63) is 47.3 Å². The molecule has 1 amide bonds. The molecular weight excluding hydrogens is 242 g/mol. The van der Waals surface area contributed by atoms with Crippen molar-refractivity contribution in [3.8, 4) is 0 Å². The molecule has 1 heterocycles. The minimum atomic E-state index is -0.166. The largest absolute Gasteiger partial charge is 0.396 e. The summed E-state index contributed by atoms with van der Waals surface area (Å²) in [7, 11) is 1.80. The lowest BCUT2D eigenvalue weighted by Gasteiger charge is -2.06. The van der Waals surface area contributed by atoms with Gasteiger partial charge >= 0.3 is 0 Å². The Bertz CT molecular complexity index is 573. The number of carbonyl (C=O) groups is 1. The summed E-state index contributed by atoms with van der Waals surface area (Å²) in [5.41, 5.74) is 3.17. The predicted octanol–water partition coefficient (Wildman–Crippen LogP) is 1.52. The summed E-state index contributed by atoms with van der Waals surface area (Å²) in [4.78, 5) is 12.1. The normalized spacial score (nSPS) is 10.5. The molecule has 5 heteroatoms. The summed E-state index contributed by atoms with van der Waals surface area (Å²) < 4.78 is 1.67. The average molecular weight is 259 g/mol. The van der Waals surface area contributed by atoms with Gasteiger partial charge in [-0.1, -0.05) is 12.1 Å². The number of carbonyl (C=O) groups excluding carboxylic acids is 1. The standard InChI is InChI=1S/C14H17N3O2/c1-10-13(9-15-17(10)2)14(19)16-12-5-3-11(4-6-12)7-8-18/h3-6,9,18H,7-8H2,1-2H3,(H,16,19). The Kier molecular flexibility index (Phi) is 3.97. The number of anilines is 1. The third-order valence-electron chi connectivity index (χ3n) is 3.09. The van der Waals surface area contributed by atoms with Crippen molar-refractivity contribution < 1.29 is 9.90 Å². The van der Waals surface area contributed by atoms with Gasteiger partial charge in [-0.15, -0.1) is 0 Å². The van der Waals surface area contributed by atoms with Crippen LogP contribution >= 0.6 is 0 Å². The van der Waals surface area contributed by atoms with Crippen molar-refractivity contribution in [1.29, 1.82) is 0 Å². The average Bonchev–Trinajstić information content (AvgIpc) is 2.73. The molecule has 0 aliphatic rings. The van der Waals surface area contributed by atoms with Crippen LogP contribution in [0, 0.1) is 6.92 Å². The van der Waals surface area contributed by atoms with E-state index in [2.05, 4.69) is 10.4 Å². The molecule has 0 saturated carbocycles. The van der Waals surface area contributed by atoms with Crippen LogP contribution in [0.25, 0.3) is 0 Å². The summed E-state index contributed by atoms with van der Waals surface area (Å²) in [5.74, 6) is -0.166. The highest BCUT2D eigenvalue weighted by molar-refractivity contribution is 6.04. The van der Waals surface area contributed by atoms with Crippen LogP contribution in [-0.4, -0.2) is 27.4 Å². The second-order valence-electron chi connectivity index (χ2n) is 4.39. The fraction of sp³-hybridized carbons (Fsp3) is 0.286. The van der Waals surface area contributed by atoms with E-state index >= 15 is 0 Å². The van der Waals surface area contributed by atoms with Gasteiger partial charge in [0.15, 0.2) is 0 Å². The molecule has 0 atom stereocenters.